The summed E-state index contributed by atoms with van der Waals surface area (Å²) >= 11 is 1.71. The Hall–Kier alpha value is -1.88. The summed E-state index contributed by atoms with van der Waals surface area (Å²) in [7, 11) is 0. The van der Waals surface area contributed by atoms with Gasteiger partial charge in [-0.1, -0.05) is 12.5 Å². The van der Waals surface area contributed by atoms with Gasteiger partial charge in [0.1, 0.15) is 0 Å². The van der Waals surface area contributed by atoms with Gasteiger partial charge in [0.2, 0.25) is 0 Å². The molecule has 3 aromatic rings. The van der Waals surface area contributed by atoms with Crippen molar-refractivity contribution in [1.29, 1.82) is 0 Å². The average molecular weight is 285 g/mol. The van der Waals surface area contributed by atoms with Crippen molar-refractivity contribution in [1.82, 2.24) is 15.2 Å². The molecule has 0 amide bonds. The number of fused-ring (bicyclic) bond motifs is 3. The van der Waals surface area contributed by atoms with Gasteiger partial charge < -0.3 is 0 Å². The van der Waals surface area contributed by atoms with Gasteiger partial charge in [-0.05, 0) is 48.3 Å². The third-order valence-electron chi connectivity index (χ3n) is 4.04. The first-order valence-electron chi connectivity index (χ1n) is 7.00. The van der Waals surface area contributed by atoms with E-state index in [9.17, 15) is 4.79 Å². The lowest BCUT2D eigenvalue weighted by molar-refractivity contribution is 0.712. The third-order valence-corrected chi connectivity index (χ3v) is 4.92. The quantitative estimate of drug-likeness (QED) is 0.674. The number of aryl methyl sites for hydroxylation is 1. The molecule has 0 saturated heterocycles. The van der Waals surface area contributed by atoms with Gasteiger partial charge in [-0.25, -0.2) is 4.98 Å². The Kier molecular flexibility index (Phi) is 2.73. The SMILES string of the molecule is O=c1[nH][nH]c2nc(-c3cccs3)c3c(c12)CCCCC3. The maximum Gasteiger partial charge on any atom is 0.273 e. The van der Waals surface area contributed by atoms with Crippen LogP contribution in [-0.2, 0) is 12.8 Å². The standard InChI is InChI=1S/C15H15N3OS/c19-15-12-9-5-2-1-3-6-10(9)13(11-7-4-8-20-11)16-14(12)17-18-15/h4,7-8H,1-3,5-6H2,(H2,16,17,18,19). The molecule has 3 heterocycles. The lowest BCUT2D eigenvalue weighted by Gasteiger charge is -2.11. The van der Waals surface area contributed by atoms with Gasteiger partial charge in [-0.2, -0.15) is 0 Å². The van der Waals surface area contributed by atoms with Gasteiger partial charge in [0.15, 0.2) is 5.65 Å². The highest BCUT2D eigenvalue weighted by Gasteiger charge is 2.21. The van der Waals surface area contributed by atoms with Crippen LogP contribution >= 0.6 is 11.3 Å². The van der Waals surface area contributed by atoms with Crippen LogP contribution in [0.5, 0.6) is 0 Å². The molecule has 4 nitrogen and oxygen atoms in total. The van der Waals surface area contributed by atoms with E-state index in [1.54, 1.807) is 11.3 Å². The third kappa shape index (κ3) is 1.73. The fourth-order valence-electron chi connectivity index (χ4n) is 3.13. The summed E-state index contributed by atoms with van der Waals surface area (Å²) in [6.45, 7) is 0. The number of nitrogens with zero attached hydrogens (tertiary/aromatic N) is 1. The van der Waals surface area contributed by atoms with Crippen molar-refractivity contribution < 1.29 is 0 Å². The Morgan fingerprint density at radius 1 is 1.10 bits per heavy atom. The van der Waals surface area contributed by atoms with Crippen molar-refractivity contribution in [3.05, 3.63) is 39.0 Å². The highest BCUT2D eigenvalue weighted by Crippen LogP contribution is 2.34. The Labute approximate surface area is 119 Å². The van der Waals surface area contributed by atoms with Crippen molar-refractivity contribution in [3.8, 4) is 10.6 Å². The van der Waals surface area contributed by atoms with E-state index < -0.39 is 0 Å². The first-order chi connectivity index (χ1) is 9.84. The van der Waals surface area contributed by atoms with Crippen LogP contribution in [-0.4, -0.2) is 15.2 Å². The molecule has 1 aliphatic carbocycles. The van der Waals surface area contributed by atoms with Crippen molar-refractivity contribution in [2.24, 2.45) is 0 Å². The Bertz CT molecular complexity index is 814. The van der Waals surface area contributed by atoms with Gasteiger partial charge in [-0.3, -0.25) is 15.0 Å². The van der Waals surface area contributed by atoms with Crippen LogP contribution in [0, 0.1) is 0 Å². The molecule has 102 valence electrons. The number of aromatic amines is 2. The normalized spacial score (nSPS) is 15.2. The number of hydrogen-bond donors (Lipinski definition) is 2. The minimum absolute atomic E-state index is 0.0385. The molecule has 0 spiro atoms. The molecular formula is C15H15N3OS. The van der Waals surface area contributed by atoms with Gasteiger partial charge in [0.25, 0.3) is 5.56 Å². The number of thiophene rings is 1. The molecule has 5 heteroatoms. The van der Waals surface area contributed by atoms with Crippen molar-refractivity contribution in [2.75, 3.05) is 0 Å². The second-order valence-corrected chi connectivity index (χ2v) is 6.21. The van der Waals surface area contributed by atoms with E-state index in [0.29, 0.717) is 5.65 Å². The van der Waals surface area contributed by atoms with Gasteiger partial charge in [-0.15, -0.1) is 11.3 Å². The first kappa shape index (κ1) is 11.9. The molecule has 0 bridgehead atoms. The number of pyridine rings is 1. The maximum absolute atomic E-state index is 12.0. The highest BCUT2D eigenvalue weighted by molar-refractivity contribution is 7.13. The van der Waals surface area contributed by atoms with E-state index in [0.717, 1.165) is 30.3 Å². The lowest BCUT2D eigenvalue weighted by atomic mass is 9.98. The number of H-pyrrole nitrogens is 2. The molecule has 0 aromatic carbocycles. The Morgan fingerprint density at radius 3 is 2.75 bits per heavy atom. The van der Waals surface area contributed by atoms with Crippen LogP contribution in [0.2, 0.25) is 0 Å². The summed E-state index contributed by atoms with van der Waals surface area (Å²) in [6.07, 6.45) is 5.56. The van der Waals surface area contributed by atoms with Crippen LogP contribution in [0.4, 0.5) is 0 Å². The molecule has 0 aliphatic heterocycles. The first-order valence-corrected chi connectivity index (χ1v) is 7.88. The van der Waals surface area contributed by atoms with Gasteiger partial charge in [0, 0.05) is 0 Å². The molecule has 3 aromatic heterocycles. The van der Waals surface area contributed by atoms with Crippen molar-refractivity contribution >= 4 is 22.4 Å². The van der Waals surface area contributed by atoms with Gasteiger partial charge >= 0.3 is 0 Å². The van der Waals surface area contributed by atoms with Gasteiger partial charge in [0.05, 0.1) is 16.0 Å². The zero-order chi connectivity index (χ0) is 13.5. The van der Waals surface area contributed by atoms with Crippen LogP contribution in [0.1, 0.15) is 30.4 Å². The molecule has 1 aliphatic rings. The topological polar surface area (TPSA) is 61.5 Å². The molecule has 2 N–H and O–H groups in total. The summed E-state index contributed by atoms with van der Waals surface area (Å²) in [5, 5.41) is 8.44. The van der Waals surface area contributed by atoms with E-state index in [2.05, 4.69) is 27.7 Å². The predicted octanol–water partition coefficient (Wildman–Crippen LogP) is 3.25. The van der Waals surface area contributed by atoms with Crippen molar-refractivity contribution in [3.63, 3.8) is 0 Å². The van der Waals surface area contributed by atoms with Crippen molar-refractivity contribution in [2.45, 2.75) is 32.1 Å². The van der Waals surface area contributed by atoms with E-state index in [1.165, 1.54) is 28.8 Å². The minimum atomic E-state index is -0.0385. The monoisotopic (exact) mass is 285 g/mol. The second kappa shape index (κ2) is 4.59. The smallest absolute Gasteiger partial charge is 0.273 e. The molecule has 0 radical (unpaired) electrons. The molecule has 0 atom stereocenters. The average Bonchev–Trinajstić information content (AvgIpc) is 3.03. The number of hydrogen-bond acceptors (Lipinski definition) is 3. The van der Waals surface area contributed by atoms with Crippen LogP contribution in [0.3, 0.4) is 0 Å². The summed E-state index contributed by atoms with van der Waals surface area (Å²) in [5.74, 6) is 0. The maximum atomic E-state index is 12.0. The van der Waals surface area contributed by atoms with E-state index in [-0.39, 0.29) is 5.56 Å². The fourth-order valence-corrected chi connectivity index (χ4v) is 3.87. The largest absolute Gasteiger partial charge is 0.281 e. The van der Waals surface area contributed by atoms with E-state index >= 15 is 0 Å². The molecule has 0 fully saturated rings. The predicted molar refractivity (Wildman–Crippen MR) is 81.3 cm³/mol. The number of aromatic nitrogens is 3. The lowest BCUT2D eigenvalue weighted by Crippen LogP contribution is -2.05. The van der Waals surface area contributed by atoms with E-state index in [1.807, 2.05) is 0 Å². The highest BCUT2D eigenvalue weighted by atomic mass is 32.1. The summed E-state index contributed by atoms with van der Waals surface area (Å²) < 4.78 is 0. The molecule has 0 saturated carbocycles. The van der Waals surface area contributed by atoms with Crippen LogP contribution in [0.15, 0.2) is 22.3 Å². The summed E-state index contributed by atoms with van der Waals surface area (Å²) in [4.78, 5) is 17.9. The van der Waals surface area contributed by atoms with E-state index in [4.69, 9.17) is 4.98 Å². The van der Waals surface area contributed by atoms with Crippen LogP contribution < -0.4 is 5.56 Å². The second-order valence-electron chi connectivity index (χ2n) is 5.26. The zero-order valence-corrected chi connectivity index (χ0v) is 11.8. The Morgan fingerprint density at radius 2 is 1.95 bits per heavy atom. The van der Waals surface area contributed by atoms with Crippen LogP contribution in [0.25, 0.3) is 21.6 Å². The Balaban J connectivity index is 2.09. The minimum Gasteiger partial charge on any atom is -0.281 e. The summed E-state index contributed by atoms with van der Waals surface area (Å²) in [6, 6.07) is 4.16. The number of nitrogens with one attached hydrogen (secondary N) is 2. The summed E-state index contributed by atoms with van der Waals surface area (Å²) in [5.41, 5.74) is 4.20. The molecule has 20 heavy (non-hydrogen) atoms. The molecular weight excluding hydrogens is 270 g/mol. The number of rotatable bonds is 1. The molecule has 0 unspecified atom stereocenters. The zero-order valence-electron chi connectivity index (χ0n) is 11.0. The fraction of sp³-hybridized carbons (Fsp3) is 0.333. The molecule has 4 rings (SSSR count).